The van der Waals surface area contributed by atoms with Gasteiger partial charge in [-0.2, -0.15) is 0 Å². The summed E-state index contributed by atoms with van der Waals surface area (Å²) in [6, 6.07) is 22.5. The molecule has 0 heteroatoms. The van der Waals surface area contributed by atoms with Gasteiger partial charge in [0.15, 0.2) is 0 Å². The predicted molar refractivity (Wildman–Crippen MR) is 48.4 cm³/mol. The number of hydrogen-bond donors (Lipinski definition) is 0. The van der Waals surface area contributed by atoms with Crippen molar-refractivity contribution in [1.29, 1.82) is 0 Å². The molecule has 55 valence electrons. The van der Waals surface area contributed by atoms with Crippen LogP contribution < -0.4 is 0 Å². The van der Waals surface area contributed by atoms with Gasteiger partial charge in [-0.1, -0.05) is 36.4 Å². The fraction of sp³-hybridized carbons (Fsp3) is 0. The lowest BCUT2D eigenvalue weighted by Crippen LogP contribution is -1.74. The maximum absolute atomic E-state index is 2.98. The zero-order valence-corrected chi connectivity index (χ0v) is 6.54. The average molecular weight is 151 g/mol. The third-order valence-electron chi connectivity index (χ3n) is 1.71. The van der Waals surface area contributed by atoms with Gasteiger partial charge < -0.3 is 0 Å². The van der Waals surface area contributed by atoms with Crippen molar-refractivity contribution in [3.8, 4) is 11.1 Å². The van der Waals surface area contributed by atoms with Gasteiger partial charge >= 0.3 is 0 Å². The maximum Gasteiger partial charge on any atom is -0.00926 e. The van der Waals surface area contributed by atoms with Crippen LogP contribution in [0.5, 0.6) is 0 Å². The van der Waals surface area contributed by atoms with Gasteiger partial charge in [0.25, 0.3) is 0 Å². The molecule has 0 fully saturated rings. The lowest BCUT2D eigenvalue weighted by Gasteiger charge is -1.97. The Balaban J connectivity index is 2.46. The van der Waals surface area contributed by atoms with E-state index in [0.717, 1.165) is 0 Å². The highest BCUT2D eigenvalue weighted by Crippen LogP contribution is 2.16. The molecule has 0 aliphatic carbocycles. The first kappa shape index (κ1) is 7.11. The van der Waals surface area contributed by atoms with Gasteiger partial charge in [-0.15, -0.1) is 0 Å². The molecular formula is C12H7. The van der Waals surface area contributed by atoms with Crippen LogP contribution in [0.1, 0.15) is 0 Å². The third kappa shape index (κ3) is 1.37. The second-order valence-electron chi connectivity index (χ2n) is 2.51. The molecule has 0 aromatic heterocycles. The summed E-state index contributed by atoms with van der Waals surface area (Å²) >= 11 is 0. The highest BCUT2D eigenvalue weighted by atomic mass is 14.0. The van der Waals surface area contributed by atoms with Gasteiger partial charge in [0.05, 0.1) is 0 Å². The monoisotopic (exact) mass is 151 g/mol. The van der Waals surface area contributed by atoms with Crippen LogP contribution in [-0.2, 0) is 0 Å². The summed E-state index contributed by atoms with van der Waals surface area (Å²) in [6.45, 7) is 0. The molecule has 0 spiro atoms. The largest absolute Gasteiger partial charge is 0.0538 e. The molecule has 3 radical (unpaired) electrons. The van der Waals surface area contributed by atoms with Gasteiger partial charge in [-0.3, -0.25) is 0 Å². The second-order valence-corrected chi connectivity index (χ2v) is 2.51. The van der Waals surface area contributed by atoms with Crippen molar-refractivity contribution in [3.05, 3.63) is 60.7 Å². The topological polar surface area (TPSA) is 0 Å². The molecule has 0 aliphatic heterocycles. The highest BCUT2D eigenvalue weighted by molar-refractivity contribution is 5.62. The van der Waals surface area contributed by atoms with Gasteiger partial charge in [0, 0.05) is 0 Å². The number of hydrogen-bond acceptors (Lipinski definition) is 0. The molecule has 0 heterocycles. The van der Waals surface area contributed by atoms with Crippen molar-refractivity contribution < 1.29 is 0 Å². The molecule has 0 N–H and O–H groups in total. The Morgan fingerprint density at radius 1 is 0.750 bits per heavy atom. The van der Waals surface area contributed by atoms with Crippen LogP contribution in [0.15, 0.2) is 42.5 Å². The van der Waals surface area contributed by atoms with Crippen LogP contribution in [0.4, 0.5) is 0 Å². The van der Waals surface area contributed by atoms with Crippen LogP contribution in [0, 0.1) is 18.2 Å². The van der Waals surface area contributed by atoms with Gasteiger partial charge in [0.1, 0.15) is 0 Å². The van der Waals surface area contributed by atoms with Crippen LogP contribution in [0.2, 0.25) is 0 Å². The van der Waals surface area contributed by atoms with E-state index in [4.69, 9.17) is 0 Å². The van der Waals surface area contributed by atoms with E-state index in [0.29, 0.717) is 0 Å². The normalized spacial score (nSPS) is 9.67. The minimum atomic E-state index is 1.17. The average Bonchev–Trinajstić information content (AvgIpc) is 2.21. The van der Waals surface area contributed by atoms with E-state index < -0.39 is 0 Å². The van der Waals surface area contributed by atoms with Crippen molar-refractivity contribution in [2.75, 3.05) is 0 Å². The van der Waals surface area contributed by atoms with Crippen LogP contribution >= 0.6 is 0 Å². The standard InChI is InChI=1S/C12H7/c1-3-7-11(8-4-1)12-9-5-2-6-10-12/h3-5,7-10H. The van der Waals surface area contributed by atoms with E-state index in [1.807, 2.05) is 42.5 Å². The minimum absolute atomic E-state index is 1.17. The molecule has 0 saturated heterocycles. The summed E-state index contributed by atoms with van der Waals surface area (Å²) in [5, 5.41) is 0. The van der Waals surface area contributed by atoms with Crippen molar-refractivity contribution >= 4 is 0 Å². The fourth-order valence-electron chi connectivity index (χ4n) is 1.11. The first-order chi connectivity index (χ1) is 5.97. The van der Waals surface area contributed by atoms with Crippen molar-refractivity contribution in [2.45, 2.75) is 0 Å². The first-order valence-corrected chi connectivity index (χ1v) is 3.81. The Bertz CT molecular complexity index is 297. The Hall–Kier alpha value is -1.56. The lowest BCUT2D eigenvalue weighted by atomic mass is 10.1. The summed E-state index contributed by atoms with van der Waals surface area (Å²) < 4.78 is 0. The molecule has 0 nitrogen and oxygen atoms in total. The number of rotatable bonds is 1. The van der Waals surface area contributed by atoms with Gasteiger partial charge in [0.2, 0.25) is 0 Å². The molecule has 2 aromatic rings. The Kier molecular flexibility index (Phi) is 1.91. The molecule has 2 rings (SSSR count). The van der Waals surface area contributed by atoms with Crippen molar-refractivity contribution in [1.82, 2.24) is 0 Å². The third-order valence-corrected chi connectivity index (χ3v) is 1.71. The quantitative estimate of drug-likeness (QED) is 0.588. The maximum atomic E-state index is 2.98. The predicted octanol–water partition coefficient (Wildman–Crippen LogP) is 2.75. The molecule has 0 amide bonds. The lowest BCUT2D eigenvalue weighted by molar-refractivity contribution is 1.60. The summed E-state index contributed by atoms with van der Waals surface area (Å²) in [6.07, 6.45) is 0. The molecule has 2 aromatic carbocycles. The second kappa shape index (κ2) is 3.22. The van der Waals surface area contributed by atoms with Gasteiger partial charge in [-0.05, 0) is 35.4 Å². The van der Waals surface area contributed by atoms with E-state index in [1.54, 1.807) is 0 Å². The molecule has 0 unspecified atom stereocenters. The zero-order chi connectivity index (χ0) is 8.23. The summed E-state index contributed by atoms with van der Waals surface area (Å²) in [5.74, 6) is 0. The van der Waals surface area contributed by atoms with E-state index in [-0.39, 0.29) is 0 Å². The van der Waals surface area contributed by atoms with Crippen molar-refractivity contribution in [2.24, 2.45) is 0 Å². The molecule has 0 atom stereocenters. The fourth-order valence-corrected chi connectivity index (χ4v) is 1.11. The Morgan fingerprint density at radius 3 is 2.17 bits per heavy atom. The minimum Gasteiger partial charge on any atom is -0.0538 e. The van der Waals surface area contributed by atoms with Crippen LogP contribution in [-0.4, -0.2) is 0 Å². The van der Waals surface area contributed by atoms with Crippen molar-refractivity contribution in [3.63, 3.8) is 0 Å². The first-order valence-electron chi connectivity index (χ1n) is 3.81. The van der Waals surface area contributed by atoms with E-state index in [1.165, 1.54) is 11.1 Å². The Morgan fingerprint density at radius 2 is 1.50 bits per heavy atom. The molecule has 0 aliphatic rings. The summed E-state index contributed by atoms with van der Waals surface area (Å²) in [4.78, 5) is 0. The zero-order valence-electron chi connectivity index (χ0n) is 6.54. The van der Waals surface area contributed by atoms with E-state index in [9.17, 15) is 0 Å². The van der Waals surface area contributed by atoms with Crippen LogP contribution in [0.3, 0.4) is 0 Å². The molecule has 0 bridgehead atoms. The SMILES string of the molecule is [c]1[c]cc(-c2cc[c]cc2)cc1. The Labute approximate surface area is 72.5 Å². The number of benzene rings is 2. The highest BCUT2D eigenvalue weighted by Gasteiger charge is 1.92. The van der Waals surface area contributed by atoms with E-state index in [2.05, 4.69) is 18.2 Å². The molecule has 12 heavy (non-hydrogen) atoms. The molecule has 0 saturated carbocycles. The molecular weight excluding hydrogens is 144 g/mol. The van der Waals surface area contributed by atoms with Crippen LogP contribution in [0.25, 0.3) is 11.1 Å². The summed E-state index contributed by atoms with van der Waals surface area (Å²) in [7, 11) is 0. The van der Waals surface area contributed by atoms with Gasteiger partial charge in [-0.25, -0.2) is 0 Å². The van der Waals surface area contributed by atoms with E-state index >= 15 is 0 Å². The summed E-state index contributed by atoms with van der Waals surface area (Å²) in [5.41, 5.74) is 2.36. The smallest absolute Gasteiger partial charge is 0.00926 e.